The van der Waals surface area contributed by atoms with Gasteiger partial charge >= 0.3 is 6.18 Å². The second-order valence-electron chi connectivity index (χ2n) is 6.48. The zero-order valence-corrected chi connectivity index (χ0v) is 16.3. The predicted octanol–water partition coefficient (Wildman–Crippen LogP) is 3.77. The first-order chi connectivity index (χ1) is 14.8. The summed E-state index contributed by atoms with van der Waals surface area (Å²) < 4.78 is 46.6. The van der Waals surface area contributed by atoms with E-state index in [9.17, 15) is 18.0 Å². The number of hydrogen-bond donors (Lipinski definition) is 1. The van der Waals surface area contributed by atoms with Gasteiger partial charge in [-0.15, -0.1) is 0 Å². The lowest BCUT2D eigenvalue weighted by molar-refractivity contribution is -0.137. The summed E-state index contributed by atoms with van der Waals surface area (Å²) in [7, 11) is 1.42. The largest absolute Gasteiger partial charge is 0.481 e. The summed E-state index contributed by atoms with van der Waals surface area (Å²) in [5, 5.41) is 6.83. The van der Waals surface area contributed by atoms with E-state index in [0.29, 0.717) is 5.69 Å². The van der Waals surface area contributed by atoms with Crippen LogP contribution >= 0.6 is 0 Å². The molecule has 0 atom stereocenters. The van der Waals surface area contributed by atoms with Crippen LogP contribution in [0.1, 0.15) is 21.6 Å². The normalized spacial score (nSPS) is 11.5. The van der Waals surface area contributed by atoms with Gasteiger partial charge in [-0.25, -0.2) is 19.5 Å². The SMILES string of the molecule is COc1cc(NC(=O)c2c(C)nn3ccc(-c4ccccc4C(F)(F)F)nc23)ncn1. The van der Waals surface area contributed by atoms with Crippen molar-refractivity contribution in [2.75, 3.05) is 12.4 Å². The van der Waals surface area contributed by atoms with Gasteiger partial charge in [-0.2, -0.15) is 18.3 Å². The van der Waals surface area contributed by atoms with E-state index in [1.54, 1.807) is 6.92 Å². The first-order valence-electron chi connectivity index (χ1n) is 8.98. The minimum absolute atomic E-state index is 0.0677. The van der Waals surface area contributed by atoms with Crippen molar-refractivity contribution < 1.29 is 22.7 Å². The third kappa shape index (κ3) is 3.89. The Morgan fingerprint density at radius 2 is 1.94 bits per heavy atom. The van der Waals surface area contributed by atoms with Crippen LogP contribution in [0, 0.1) is 6.92 Å². The number of fused-ring (bicyclic) bond motifs is 1. The number of alkyl halides is 3. The number of carbonyl (C=O) groups excluding carboxylic acids is 1. The van der Waals surface area contributed by atoms with E-state index < -0.39 is 17.6 Å². The predicted molar refractivity (Wildman–Crippen MR) is 105 cm³/mol. The van der Waals surface area contributed by atoms with Crippen molar-refractivity contribution in [1.82, 2.24) is 24.6 Å². The summed E-state index contributed by atoms with van der Waals surface area (Å²) in [6.45, 7) is 1.60. The molecular weight excluding hydrogens is 413 g/mol. The van der Waals surface area contributed by atoms with Crippen molar-refractivity contribution in [3.63, 3.8) is 0 Å². The van der Waals surface area contributed by atoms with E-state index in [0.717, 1.165) is 6.07 Å². The first kappa shape index (κ1) is 20.3. The zero-order valence-electron chi connectivity index (χ0n) is 16.3. The molecule has 3 heterocycles. The molecule has 0 saturated heterocycles. The number of ether oxygens (including phenoxy) is 1. The van der Waals surface area contributed by atoms with Crippen molar-refractivity contribution in [1.29, 1.82) is 0 Å². The van der Waals surface area contributed by atoms with Crippen molar-refractivity contribution >= 4 is 17.4 Å². The molecule has 4 rings (SSSR count). The molecule has 0 aliphatic carbocycles. The van der Waals surface area contributed by atoms with Crippen LogP contribution in [0.2, 0.25) is 0 Å². The van der Waals surface area contributed by atoms with Crippen LogP contribution in [0.5, 0.6) is 5.88 Å². The molecule has 0 aliphatic heterocycles. The molecule has 0 unspecified atom stereocenters. The Hall–Kier alpha value is -4.02. The van der Waals surface area contributed by atoms with Crippen LogP contribution in [0.25, 0.3) is 16.9 Å². The number of methoxy groups -OCH3 is 1. The van der Waals surface area contributed by atoms with Crippen molar-refractivity contribution in [2.24, 2.45) is 0 Å². The molecule has 158 valence electrons. The standard InChI is InChI=1S/C20H15F3N6O2/c1-11-17(19(30)27-15-9-16(31-2)25-10-24-15)18-26-14(7-8-29(18)28-11)12-5-3-4-6-13(12)20(21,22)23/h3-10H,1-2H3,(H,24,25,27,30). The van der Waals surface area contributed by atoms with E-state index in [4.69, 9.17) is 4.74 Å². The average molecular weight is 428 g/mol. The number of hydrogen-bond acceptors (Lipinski definition) is 6. The molecule has 8 nitrogen and oxygen atoms in total. The Balaban J connectivity index is 1.78. The number of benzene rings is 1. The van der Waals surface area contributed by atoms with Gasteiger partial charge in [0.05, 0.1) is 24.1 Å². The molecule has 11 heteroatoms. The van der Waals surface area contributed by atoms with E-state index in [-0.39, 0.29) is 34.2 Å². The quantitative estimate of drug-likeness (QED) is 0.532. The highest BCUT2D eigenvalue weighted by molar-refractivity contribution is 6.08. The molecule has 1 amide bonds. The van der Waals surface area contributed by atoms with Crippen LogP contribution in [0.4, 0.5) is 19.0 Å². The Morgan fingerprint density at radius 1 is 1.16 bits per heavy atom. The molecule has 1 N–H and O–H groups in total. The molecule has 0 radical (unpaired) electrons. The van der Waals surface area contributed by atoms with Gasteiger partial charge in [0, 0.05) is 17.8 Å². The number of amides is 1. The number of nitrogens with one attached hydrogen (secondary N) is 1. The van der Waals surface area contributed by atoms with E-state index >= 15 is 0 Å². The highest BCUT2D eigenvalue weighted by Crippen LogP contribution is 2.36. The fourth-order valence-electron chi connectivity index (χ4n) is 3.11. The van der Waals surface area contributed by atoms with Gasteiger partial charge in [-0.1, -0.05) is 18.2 Å². The van der Waals surface area contributed by atoms with Crippen LogP contribution in [0.15, 0.2) is 48.9 Å². The van der Waals surface area contributed by atoms with Crippen LogP contribution in [-0.2, 0) is 6.18 Å². The van der Waals surface area contributed by atoms with Crippen LogP contribution < -0.4 is 10.1 Å². The Bertz CT molecular complexity index is 1290. The summed E-state index contributed by atoms with van der Waals surface area (Å²) in [6.07, 6.45) is -1.86. The summed E-state index contributed by atoms with van der Waals surface area (Å²) in [5.41, 5.74) is -0.259. The number of rotatable bonds is 4. The monoisotopic (exact) mass is 428 g/mol. The molecule has 3 aromatic heterocycles. The Morgan fingerprint density at radius 3 is 2.68 bits per heavy atom. The molecule has 31 heavy (non-hydrogen) atoms. The first-order valence-corrected chi connectivity index (χ1v) is 8.98. The van der Waals surface area contributed by atoms with Gasteiger partial charge < -0.3 is 10.1 Å². The number of carbonyl (C=O) groups is 1. The van der Waals surface area contributed by atoms with Gasteiger partial charge in [-0.05, 0) is 19.1 Å². The van der Waals surface area contributed by atoms with Gasteiger partial charge in [0.25, 0.3) is 5.91 Å². The second kappa shape index (κ2) is 7.67. The Kier molecular flexibility index (Phi) is 5.01. The fraction of sp³-hybridized carbons (Fsp3) is 0.150. The summed E-state index contributed by atoms with van der Waals surface area (Å²) in [5.74, 6) is -0.123. The molecule has 0 bridgehead atoms. The average Bonchev–Trinajstić information content (AvgIpc) is 3.08. The van der Waals surface area contributed by atoms with Gasteiger partial charge in [0.15, 0.2) is 5.65 Å². The lowest BCUT2D eigenvalue weighted by Crippen LogP contribution is -2.14. The van der Waals surface area contributed by atoms with Crippen molar-refractivity contribution in [2.45, 2.75) is 13.1 Å². The maximum absolute atomic E-state index is 13.4. The molecule has 1 aromatic carbocycles. The molecule has 4 aromatic rings. The number of nitrogens with zero attached hydrogens (tertiary/aromatic N) is 5. The van der Waals surface area contributed by atoms with Gasteiger partial charge in [-0.3, -0.25) is 4.79 Å². The highest BCUT2D eigenvalue weighted by Gasteiger charge is 2.33. The number of aryl methyl sites for hydroxylation is 1. The third-order valence-electron chi connectivity index (χ3n) is 4.49. The molecule has 0 fully saturated rings. The highest BCUT2D eigenvalue weighted by atomic mass is 19.4. The summed E-state index contributed by atoms with van der Waals surface area (Å²) >= 11 is 0. The third-order valence-corrected chi connectivity index (χ3v) is 4.49. The molecule has 0 aliphatic rings. The molecule has 0 saturated carbocycles. The second-order valence-corrected chi connectivity index (χ2v) is 6.48. The van der Waals surface area contributed by atoms with Gasteiger partial charge in [0.1, 0.15) is 17.7 Å². The van der Waals surface area contributed by atoms with Crippen molar-refractivity contribution in [3.8, 4) is 17.1 Å². The van der Waals surface area contributed by atoms with E-state index in [1.807, 2.05) is 0 Å². The van der Waals surface area contributed by atoms with Crippen molar-refractivity contribution in [3.05, 3.63) is 65.7 Å². The van der Waals surface area contributed by atoms with E-state index in [2.05, 4.69) is 25.4 Å². The maximum atomic E-state index is 13.4. The number of halogens is 3. The summed E-state index contributed by atoms with van der Waals surface area (Å²) in [4.78, 5) is 25.0. The smallest absolute Gasteiger partial charge is 0.417 e. The zero-order chi connectivity index (χ0) is 22.2. The van der Waals surface area contributed by atoms with E-state index in [1.165, 1.54) is 54.5 Å². The van der Waals surface area contributed by atoms with Gasteiger partial charge in [0.2, 0.25) is 5.88 Å². The van der Waals surface area contributed by atoms with Crippen LogP contribution in [0.3, 0.4) is 0 Å². The lowest BCUT2D eigenvalue weighted by Gasteiger charge is -2.12. The fourth-order valence-corrected chi connectivity index (χ4v) is 3.11. The minimum atomic E-state index is -4.55. The maximum Gasteiger partial charge on any atom is 0.417 e. The number of aromatic nitrogens is 5. The Labute approximate surface area is 173 Å². The number of anilines is 1. The van der Waals surface area contributed by atoms with Crippen LogP contribution in [-0.4, -0.2) is 37.6 Å². The topological polar surface area (TPSA) is 94.3 Å². The lowest BCUT2D eigenvalue weighted by atomic mass is 10.0. The molecule has 0 spiro atoms. The molecular formula is C20H15F3N6O2. The minimum Gasteiger partial charge on any atom is -0.481 e. The summed E-state index contributed by atoms with van der Waals surface area (Å²) in [6, 6.07) is 7.96.